The first-order valence-electron chi connectivity index (χ1n) is 8.79. The van der Waals surface area contributed by atoms with Crippen molar-refractivity contribution in [1.82, 2.24) is 15.2 Å². The Morgan fingerprint density at radius 2 is 2.04 bits per heavy atom. The second kappa shape index (κ2) is 10.2. The summed E-state index contributed by atoms with van der Waals surface area (Å²) < 4.78 is 0. The summed E-state index contributed by atoms with van der Waals surface area (Å²) in [6.07, 6.45) is 4.27. The van der Waals surface area contributed by atoms with E-state index in [0.717, 1.165) is 29.5 Å². The average Bonchev–Trinajstić information content (AvgIpc) is 3.05. The number of hydrogen-bond acceptors (Lipinski definition) is 4. The van der Waals surface area contributed by atoms with Crippen molar-refractivity contribution >= 4 is 41.3 Å². The average molecular weight is 486 g/mol. The second-order valence-corrected chi connectivity index (χ2v) is 7.56. The molecule has 142 valence electrons. The van der Waals surface area contributed by atoms with E-state index < -0.39 is 6.10 Å². The molecular weight excluding hydrogens is 459 g/mol. The first kappa shape index (κ1) is 21.1. The number of aromatic nitrogens is 1. The third-order valence-corrected chi connectivity index (χ3v) is 5.62. The van der Waals surface area contributed by atoms with Crippen LogP contribution in [0.15, 0.2) is 35.3 Å². The van der Waals surface area contributed by atoms with Crippen LogP contribution in [0.2, 0.25) is 0 Å². The van der Waals surface area contributed by atoms with Crippen LogP contribution in [0, 0.1) is 0 Å². The molecule has 0 aliphatic heterocycles. The van der Waals surface area contributed by atoms with Crippen molar-refractivity contribution < 1.29 is 5.11 Å². The maximum atomic E-state index is 10.3. The van der Waals surface area contributed by atoms with E-state index in [4.69, 9.17) is 4.98 Å². The lowest BCUT2D eigenvalue weighted by Crippen LogP contribution is -2.40. The minimum atomic E-state index is -0.557. The molecule has 1 aromatic heterocycles. The molecule has 1 heterocycles. The van der Waals surface area contributed by atoms with Crippen molar-refractivity contribution in [2.24, 2.45) is 4.99 Å². The Balaban J connectivity index is 0.00000243. The predicted octanol–water partition coefficient (Wildman–Crippen LogP) is 3.38. The highest BCUT2D eigenvalue weighted by atomic mass is 127. The van der Waals surface area contributed by atoms with Crippen LogP contribution < -0.4 is 5.32 Å². The number of benzene rings is 1. The maximum absolute atomic E-state index is 10.3. The SMILES string of the molecule is CN=C(NCC(O)c1ccccc1)N(C)Cc1nc2c(s1)CCCC2.I. The van der Waals surface area contributed by atoms with Gasteiger partial charge in [-0.25, -0.2) is 4.98 Å². The minimum absolute atomic E-state index is 0. The lowest BCUT2D eigenvalue weighted by Gasteiger charge is -2.22. The number of hydrogen-bond donors (Lipinski definition) is 2. The summed E-state index contributed by atoms with van der Waals surface area (Å²) in [6.45, 7) is 1.16. The number of thiazole rings is 1. The zero-order valence-corrected chi connectivity index (χ0v) is 18.5. The molecule has 1 aliphatic carbocycles. The van der Waals surface area contributed by atoms with Crippen molar-refractivity contribution in [3.63, 3.8) is 0 Å². The van der Waals surface area contributed by atoms with Crippen LogP contribution in [0.1, 0.15) is 40.1 Å². The van der Waals surface area contributed by atoms with Gasteiger partial charge in [0, 0.05) is 25.5 Å². The molecule has 7 heteroatoms. The Morgan fingerprint density at radius 1 is 1.31 bits per heavy atom. The highest BCUT2D eigenvalue weighted by Crippen LogP contribution is 2.27. The molecule has 0 saturated heterocycles. The lowest BCUT2D eigenvalue weighted by atomic mass is 10.0. The molecule has 2 aromatic rings. The molecule has 3 rings (SSSR count). The molecule has 0 amide bonds. The molecule has 0 fully saturated rings. The molecule has 1 unspecified atom stereocenters. The van der Waals surface area contributed by atoms with Gasteiger partial charge in [0.25, 0.3) is 0 Å². The molecule has 1 atom stereocenters. The fourth-order valence-electron chi connectivity index (χ4n) is 3.12. The fourth-order valence-corrected chi connectivity index (χ4v) is 4.33. The number of nitrogens with zero attached hydrogens (tertiary/aromatic N) is 3. The fraction of sp³-hybridized carbons (Fsp3) is 0.474. The zero-order chi connectivity index (χ0) is 17.6. The number of rotatable bonds is 5. The van der Waals surface area contributed by atoms with E-state index >= 15 is 0 Å². The Kier molecular flexibility index (Phi) is 8.30. The van der Waals surface area contributed by atoms with Crippen LogP contribution in [0.25, 0.3) is 0 Å². The monoisotopic (exact) mass is 486 g/mol. The van der Waals surface area contributed by atoms with E-state index in [0.29, 0.717) is 6.54 Å². The smallest absolute Gasteiger partial charge is 0.193 e. The number of fused-ring (bicyclic) bond motifs is 1. The van der Waals surface area contributed by atoms with Crippen molar-refractivity contribution in [2.75, 3.05) is 20.6 Å². The topological polar surface area (TPSA) is 60.8 Å². The highest BCUT2D eigenvalue weighted by molar-refractivity contribution is 14.0. The number of aliphatic hydroxyl groups is 1. The number of guanidine groups is 1. The Labute approximate surface area is 176 Å². The lowest BCUT2D eigenvalue weighted by molar-refractivity contribution is 0.179. The van der Waals surface area contributed by atoms with E-state index in [9.17, 15) is 5.11 Å². The van der Waals surface area contributed by atoms with Crippen LogP contribution in [-0.2, 0) is 19.4 Å². The van der Waals surface area contributed by atoms with Gasteiger partial charge in [0.15, 0.2) is 5.96 Å². The van der Waals surface area contributed by atoms with Crippen molar-refractivity contribution in [2.45, 2.75) is 38.3 Å². The standard InChI is InChI=1S/C19H26N4OS.HI/c1-20-19(21-12-16(24)14-8-4-3-5-9-14)23(2)13-18-22-15-10-6-7-11-17(15)25-18;/h3-5,8-9,16,24H,6-7,10-13H2,1-2H3,(H,20,21);1H. The van der Waals surface area contributed by atoms with E-state index in [-0.39, 0.29) is 24.0 Å². The van der Waals surface area contributed by atoms with Gasteiger partial charge in [-0.05, 0) is 31.2 Å². The summed E-state index contributed by atoms with van der Waals surface area (Å²) in [5.41, 5.74) is 2.20. The summed E-state index contributed by atoms with van der Waals surface area (Å²) >= 11 is 1.83. The normalized spacial score (nSPS) is 15.0. The van der Waals surface area contributed by atoms with E-state index in [1.165, 1.54) is 29.8 Å². The summed E-state index contributed by atoms with van der Waals surface area (Å²) in [5.74, 6) is 0.767. The highest BCUT2D eigenvalue weighted by Gasteiger charge is 2.17. The molecule has 1 aromatic carbocycles. The quantitative estimate of drug-likeness (QED) is 0.387. The Morgan fingerprint density at radius 3 is 2.73 bits per heavy atom. The number of halogens is 1. The first-order valence-corrected chi connectivity index (χ1v) is 9.61. The van der Waals surface area contributed by atoms with Crippen LogP contribution in [0.5, 0.6) is 0 Å². The number of nitrogens with one attached hydrogen (secondary N) is 1. The van der Waals surface area contributed by atoms with Gasteiger partial charge >= 0.3 is 0 Å². The Bertz CT molecular complexity index is 696. The predicted molar refractivity (Wildman–Crippen MR) is 118 cm³/mol. The molecule has 0 radical (unpaired) electrons. The van der Waals surface area contributed by atoms with Crippen molar-refractivity contribution in [3.8, 4) is 0 Å². The van der Waals surface area contributed by atoms with Gasteiger partial charge in [0.05, 0.1) is 18.3 Å². The van der Waals surface area contributed by atoms with Crippen molar-refractivity contribution in [3.05, 3.63) is 51.5 Å². The van der Waals surface area contributed by atoms with Gasteiger partial charge in [0.1, 0.15) is 5.01 Å². The van der Waals surface area contributed by atoms with Crippen molar-refractivity contribution in [1.29, 1.82) is 0 Å². The van der Waals surface area contributed by atoms with E-state index in [2.05, 4.69) is 15.2 Å². The molecule has 26 heavy (non-hydrogen) atoms. The third kappa shape index (κ3) is 5.40. The molecule has 0 bridgehead atoms. The third-order valence-electron chi connectivity index (χ3n) is 4.47. The minimum Gasteiger partial charge on any atom is -0.387 e. The molecular formula is C19H27IN4OS. The summed E-state index contributed by atoms with van der Waals surface area (Å²) in [4.78, 5) is 12.6. The molecule has 0 spiro atoms. The summed E-state index contributed by atoms with van der Waals surface area (Å²) in [6, 6.07) is 9.68. The second-order valence-electron chi connectivity index (χ2n) is 6.40. The maximum Gasteiger partial charge on any atom is 0.193 e. The Hall–Kier alpha value is -1.19. The van der Waals surface area contributed by atoms with Gasteiger partial charge in [-0.2, -0.15) is 0 Å². The van der Waals surface area contributed by atoms with Crippen LogP contribution in [0.3, 0.4) is 0 Å². The van der Waals surface area contributed by atoms with E-state index in [1.807, 2.05) is 48.7 Å². The molecule has 1 aliphatic rings. The van der Waals surface area contributed by atoms with Gasteiger partial charge < -0.3 is 15.3 Å². The molecule has 5 nitrogen and oxygen atoms in total. The summed E-state index contributed by atoms with van der Waals surface area (Å²) in [7, 11) is 3.77. The number of aliphatic hydroxyl groups excluding tert-OH is 1. The van der Waals surface area contributed by atoms with Gasteiger partial charge in [-0.3, -0.25) is 4.99 Å². The molecule has 0 saturated carbocycles. The van der Waals surface area contributed by atoms with Gasteiger partial charge in [-0.1, -0.05) is 30.3 Å². The largest absolute Gasteiger partial charge is 0.387 e. The van der Waals surface area contributed by atoms with Crippen LogP contribution in [-0.4, -0.2) is 41.6 Å². The van der Waals surface area contributed by atoms with Crippen LogP contribution in [0.4, 0.5) is 0 Å². The van der Waals surface area contributed by atoms with Gasteiger partial charge in [-0.15, -0.1) is 35.3 Å². The molecule has 2 N–H and O–H groups in total. The zero-order valence-electron chi connectivity index (χ0n) is 15.3. The van der Waals surface area contributed by atoms with Crippen LogP contribution >= 0.6 is 35.3 Å². The number of aryl methyl sites for hydroxylation is 2. The van der Waals surface area contributed by atoms with E-state index in [1.54, 1.807) is 7.05 Å². The first-order chi connectivity index (χ1) is 12.2. The summed E-state index contributed by atoms with van der Waals surface area (Å²) in [5, 5.41) is 14.7. The van der Waals surface area contributed by atoms with Gasteiger partial charge in [0.2, 0.25) is 0 Å². The number of aliphatic imine (C=N–C) groups is 1.